The zero-order valence-electron chi connectivity index (χ0n) is 30.5. The molecule has 1 aliphatic rings. The van der Waals surface area contributed by atoms with E-state index in [-0.39, 0.29) is 0 Å². The lowest BCUT2D eigenvalue weighted by Crippen LogP contribution is -2.36. The number of pyridine rings is 1. The van der Waals surface area contributed by atoms with Gasteiger partial charge in [-0.15, -0.1) is 0 Å². The summed E-state index contributed by atoms with van der Waals surface area (Å²) in [5.74, 6) is 1.54. The van der Waals surface area contributed by atoms with E-state index in [1.165, 1.54) is 16.5 Å². The number of rotatable bonds is 7. The molecule has 2 heterocycles. The molecule has 0 radical (unpaired) electrons. The van der Waals surface area contributed by atoms with E-state index in [0.29, 0.717) is 0 Å². The van der Waals surface area contributed by atoms with E-state index in [0.717, 1.165) is 78.2 Å². The van der Waals surface area contributed by atoms with Crippen LogP contribution in [0.4, 0.5) is 0 Å². The van der Waals surface area contributed by atoms with Crippen molar-refractivity contribution in [2.24, 2.45) is 9.98 Å². The van der Waals surface area contributed by atoms with Crippen LogP contribution in [0.1, 0.15) is 22.9 Å². The standard InChI is InChI=1S/C52H36N4/c1-6-17-35(18-7-1)41-31-42(36-19-8-2-9-20-36)33-43(32-41)52-55-50(39-25-14-5-15-26-39)54-51(56-52)40-29-30-45-47(34-40)53-49(38-23-12-4-13-24-38)46-28-16-27-44(48(45)46)37-21-10-3-11-22-37/h1-34,51H,(H,54,55,56). The van der Waals surface area contributed by atoms with Crippen molar-refractivity contribution in [3.05, 3.63) is 223 Å². The highest BCUT2D eigenvalue weighted by Gasteiger charge is 2.23. The van der Waals surface area contributed by atoms with Crippen LogP contribution in [-0.2, 0) is 0 Å². The zero-order chi connectivity index (χ0) is 37.3. The van der Waals surface area contributed by atoms with Crippen LogP contribution in [0.2, 0.25) is 0 Å². The first kappa shape index (κ1) is 33.2. The maximum absolute atomic E-state index is 5.40. The molecule has 0 amide bonds. The fourth-order valence-corrected chi connectivity index (χ4v) is 7.76. The molecule has 0 bridgehead atoms. The summed E-state index contributed by atoms with van der Waals surface area (Å²) >= 11 is 0. The fourth-order valence-electron chi connectivity index (χ4n) is 7.76. The second-order valence-electron chi connectivity index (χ2n) is 14.0. The highest BCUT2D eigenvalue weighted by Crippen LogP contribution is 2.40. The normalized spacial score (nSPS) is 13.9. The van der Waals surface area contributed by atoms with Crippen molar-refractivity contribution in [3.8, 4) is 44.6 Å². The quantitative estimate of drug-likeness (QED) is 0.167. The monoisotopic (exact) mass is 716 g/mol. The van der Waals surface area contributed by atoms with Crippen molar-refractivity contribution < 1.29 is 0 Å². The van der Waals surface area contributed by atoms with Crippen molar-refractivity contribution in [2.75, 3.05) is 0 Å². The van der Waals surface area contributed by atoms with Gasteiger partial charge in [0.25, 0.3) is 0 Å². The lowest BCUT2D eigenvalue weighted by molar-refractivity contribution is 0.757. The molecule has 1 aliphatic heterocycles. The third-order valence-corrected chi connectivity index (χ3v) is 10.5. The summed E-state index contributed by atoms with van der Waals surface area (Å²) in [6.45, 7) is 0. The summed E-state index contributed by atoms with van der Waals surface area (Å²) in [6.07, 6.45) is -0.506. The number of nitrogens with zero attached hydrogens (tertiary/aromatic N) is 3. The summed E-state index contributed by atoms with van der Waals surface area (Å²) in [7, 11) is 0. The van der Waals surface area contributed by atoms with Crippen molar-refractivity contribution in [1.29, 1.82) is 0 Å². The van der Waals surface area contributed by atoms with Gasteiger partial charge in [0.05, 0.1) is 11.2 Å². The predicted molar refractivity (Wildman–Crippen MR) is 233 cm³/mol. The van der Waals surface area contributed by atoms with Gasteiger partial charge in [-0.2, -0.15) is 0 Å². The SMILES string of the molecule is c1ccc(C2=NC(c3ccc4c(c3)nc(-c3ccccc3)c3cccc(-c5ccccc5)c34)N=C(c3cc(-c4ccccc4)cc(-c4ccccc4)c3)N2)cc1. The molecule has 10 rings (SSSR count). The minimum Gasteiger partial charge on any atom is -0.324 e. The number of benzene rings is 8. The van der Waals surface area contributed by atoms with Gasteiger partial charge >= 0.3 is 0 Å². The van der Waals surface area contributed by atoms with Gasteiger partial charge in [0.1, 0.15) is 11.7 Å². The Bertz CT molecular complexity index is 2850. The molecule has 4 heteroatoms. The first-order valence-electron chi connectivity index (χ1n) is 19.0. The fraction of sp³-hybridized carbons (Fsp3) is 0.0192. The van der Waals surface area contributed by atoms with E-state index in [9.17, 15) is 0 Å². The van der Waals surface area contributed by atoms with E-state index in [2.05, 4.69) is 187 Å². The molecule has 0 spiro atoms. The molecule has 264 valence electrons. The van der Waals surface area contributed by atoms with Gasteiger partial charge in [-0.3, -0.25) is 0 Å². The molecule has 1 atom stereocenters. The molecule has 0 aliphatic carbocycles. The molecule has 9 aromatic rings. The van der Waals surface area contributed by atoms with Crippen LogP contribution in [0.5, 0.6) is 0 Å². The molecule has 56 heavy (non-hydrogen) atoms. The van der Waals surface area contributed by atoms with E-state index in [1.807, 2.05) is 24.3 Å². The minimum atomic E-state index is -0.506. The van der Waals surface area contributed by atoms with E-state index >= 15 is 0 Å². The van der Waals surface area contributed by atoms with Crippen LogP contribution in [-0.4, -0.2) is 16.7 Å². The third kappa shape index (κ3) is 6.33. The van der Waals surface area contributed by atoms with Crippen LogP contribution < -0.4 is 5.32 Å². The molecule has 8 aromatic carbocycles. The smallest absolute Gasteiger partial charge is 0.169 e. The van der Waals surface area contributed by atoms with Gasteiger partial charge in [-0.1, -0.05) is 182 Å². The van der Waals surface area contributed by atoms with Crippen molar-refractivity contribution >= 4 is 33.3 Å². The van der Waals surface area contributed by atoms with Gasteiger partial charge in [0.15, 0.2) is 6.17 Å². The van der Waals surface area contributed by atoms with E-state index in [4.69, 9.17) is 15.0 Å². The number of amidine groups is 2. The Morgan fingerprint density at radius 2 is 0.857 bits per heavy atom. The average Bonchev–Trinajstić information content (AvgIpc) is 3.29. The highest BCUT2D eigenvalue weighted by molar-refractivity contribution is 6.18. The van der Waals surface area contributed by atoms with Gasteiger partial charge in [-0.05, 0) is 57.6 Å². The van der Waals surface area contributed by atoms with E-state index < -0.39 is 6.17 Å². The molecule has 4 nitrogen and oxygen atoms in total. The van der Waals surface area contributed by atoms with E-state index in [1.54, 1.807) is 0 Å². The zero-order valence-corrected chi connectivity index (χ0v) is 30.5. The van der Waals surface area contributed by atoms with Crippen LogP contribution in [0, 0.1) is 0 Å². The second kappa shape index (κ2) is 14.4. The summed E-state index contributed by atoms with van der Waals surface area (Å²) in [5, 5.41) is 7.04. The lowest BCUT2D eigenvalue weighted by atomic mass is 9.92. The van der Waals surface area contributed by atoms with Crippen molar-refractivity contribution in [3.63, 3.8) is 0 Å². The molecular formula is C52H36N4. The van der Waals surface area contributed by atoms with Gasteiger partial charge in [-0.25, -0.2) is 15.0 Å². The maximum Gasteiger partial charge on any atom is 0.169 e. The first-order chi connectivity index (χ1) is 27.7. The number of aromatic nitrogens is 1. The Kier molecular flexibility index (Phi) is 8.54. The Balaban J connectivity index is 1.17. The number of nitrogens with one attached hydrogen (secondary N) is 1. The summed E-state index contributed by atoms with van der Waals surface area (Å²) in [5.41, 5.74) is 12.8. The van der Waals surface area contributed by atoms with Gasteiger partial charge < -0.3 is 5.32 Å². The van der Waals surface area contributed by atoms with Crippen LogP contribution >= 0.6 is 0 Å². The predicted octanol–water partition coefficient (Wildman–Crippen LogP) is 12.6. The topological polar surface area (TPSA) is 49.6 Å². The number of aliphatic imine (C=N–C) groups is 2. The molecule has 1 N–H and O–H groups in total. The number of hydrogen-bond donors (Lipinski definition) is 1. The number of fused-ring (bicyclic) bond motifs is 3. The summed E-state index contributed by atoms with van der Waals surface area (Å²) in [4.78, 5) is 16.0. The lowest BCUT2D eigenvalue weighted by Gasteiger charge is -2.23. The molecule has 1 aromatic heterocycles. The van der Waals surface area contributed by atoms with Gasteiger partial charge in [0, 0.05) is 38.4 Å². The second-order valence-corrected chi connectivity index (χ2v) is 14.0. The summed E-state index contributed by atoms with van der Waals surface area (Å²) in [6, 6.07) is 72.3. The largest absolute Gasteiger partial charge is 0.324 e. The Morgan fingerprint density at radius 1 is 0.357 bits per heavy atom. The maximum atomic E-state index is 5.40. The third-order valence-electron chi connectivity index (χ3n) is 10.5. The minimum absolute atomic E-state index is 0.506. The molecule has 0 fully saturated rings. The Hall–Kier alpha value is -7.43. The van der Waals surface area contributed by atoms with Crippen molar-refractivity contribution in [2.45, 2.75) is 6.17 Å². The Morgan fingerprint density at radius 3 is 1.45 bits per heavy atom. The summed E-state index contributed by atoms with van der Waals surface area (Å²) < 4.78 is 0. The van der Waals surface area contributed by atoms with Gasteiger partial charge in [0.2, 0.25) is 0 Å². The molecule has 1 unspecified atom stereocenters. The highest BCUT2D eigenvalue weighted by atomic mass is 15.2. The van der Waals surface area contributed by atoms with Crippen LogP contribution in [0.3, 0.4) is 0 Å². The Labute approximate surface area is 326 Å². The van der Waals surface area contributed by atoms with Crippen molar-refractivity contribution in [1.82, 2.24) is 10.3 Å². The van der Waals surface area contributed by atoms with Crippen LogP contribution in [0.15, 0.2) is 216 Å². The molecular weight excluding hydrogens is 681 g/mol. The van der Waals surface area contributed by atoms with Crippen LogP contribution in [0.25, 0.3) is 66.3 Å². The molecule has 0 saturated carbocycles. The number of hydrogen-bond acceptors (Lipinski definition) is 4. The molecule has 0 saturated heterocycles. The first-order valence-corrected chi connectivity index (χ1v) is 19.0. The average molecular weight is 717 g/mol.